The van der Waals surface area contributed by atoms with Gasteiger partial charge in [0.1, 0.15) is 12.1 Å². The van der Waals surface area contributed by atoms with E-state index in [4.69, 9.17) is 0 Å². The van der Waals surface area contributed by atoms with Crippen molar-refractivity contribution in [1.82, 2.24) is 10.3 Å². The molecule has 2 aromatic rings. The van der Waals surface area contributed by atoms with E-state index in [1.165, 1.54) is 16.5 Å². The molecule has 0 spiro atoms. The molecule has 0 radical (unpaired) electrons. The summed E-state index contributed by atoms with van der Waals surface area (Å²) in [5, 5.41) is 25.7. The molecule has 4 N–H and O–H groups in total. The summed E-state index contributed by atoms with van der Waals surface area (Å²) < 4.78 is 0. The first-order valence-electron chi connectivity index (χ1n) is 16.7. The van der Waals surface area contributed by atoms with Gasteiger partial charge in [0.25, 0.3) is 0 Å². The number of carbonyl (C=O) groups excluding carboxylic acids is 1. The number of allylic oxidation sites excluding steroid dienone is 1. The first kappa shape index (κ1) is 29.1. The highest BCUT2D eigenvalue weighted by Gasteiger charge is 2.72. The third kappa shape index (κ3) is 3.62. The van der Waals surface area contributed by atoms with Gasteiger partial charge >= 0.3 is 5.97 Å². The fraction of sp³-hybridized carbons (Fsp3) is 0.676. The normalized spacial score (nSPS) is 44.8. The first-order chi connectivity index (χ1) is 20.2. The van der Waals surface area contributed by atoms with Gasteiger partial charge in [-0.05, 0) is 129 Å². The predicted molar refractivity (Wildman–Crippen MR) is 168 cm³/mol. The summed E-state index contributed by atoms with van der Waals surface area (Å²) in [6.45, 7) is 15.9. The number of hydrogen-bond acceptors (Lipinski definition) is 3. The van der Waals surface area contributed by atoms with E-state index in [1.54, 1.807) is 0 Å². The number of amides is 1. The number of aliphatic carboxylic acids is 1. The van der Waals surface area contributed by atoms with Crippen LogP contribution in [-0.2, 0) is 21.6 Å². The number of aromatic amines is 1. The van der Waals surface area contributed by atoms with Crippen molar-refractivity contribution >= 4 is 22.8 Å². The Labute approximate surface area is 256 Å². The maximum atomic E-state index is 13.9. The van der Waals surface area contributed by atoms with Crippen LogP contribution >= 0.6 is 0 Å². The lowest BCUT2D eigenvalue weighted by Gasteiger charge is -2.72. The van der Waals surface area contributed by atoms with E-state index in [-0.39, 0.29) is 46.5 Å². The number of fused-ring (bicyclic) bond motifs is 10. The largest absolute Gasteiger partial charge is 0.480 e. The molecule has 5 aliphatic carbocycles. The Morgan fingerprint density at radius 2 is 1.72 bits per heavy atom. The molecular weight excluding hydrogens is 536 g/mol. The molecule has 6 heteroatoms. The zero-order valence-corrected chi connectivity index (χ0v) is 26.7. The van der Waals surface area contributed by atoms with Gasteiger partial charge in [0.15, 0.2) is 0 Å². The van der Waals surface area contributed by atoms with E-state index in [0.29, 0.717) is 11.8 Å². The van der Waals surface area contributed by atoms with Gasteiger partial charge in [0.2, 0.25) is 5.91 Å². The van der Waals surface area contributed by atoms with Crippen molar-refractivity contribution in [2.24, 2.45) is 51.2 Å². The Kier molecular flexibility index (Phi) is 6.24. The van der Waals surface area contributed by atoms with Crippen LogP contribution in [0.4, 0.5) is 0 Å². The fourth-order valence-corrected chi connectivity index (χ4v) is 12.8. The summed E-state index contributed by atoms with van der Waals surface area (Å²) in [5.41, 5.74) is 3.26. The predicted octanol–water partition coefficient (Wildman–Crippen LogP) is 6.97. The zero-order valence-electron chi connectivity index (χ0n) is 26.7. The van der Waals surface area contributed by atoms with E-state index >= 15 is 0 Å². The quantitative estimate of drug-likeness (QED) is 0.291. The van der Waals surface area contributed by atoms with E-state index in [2.05, 4.69) is 75.8 Å². The van der Waals surface area contributed by atoms with Crippen LogP contribution in [0.1, 0.15) is 97.2 Å². The summed E-state index contributed by atoms with van der Waals surface area (Å²) in [4.78, 5) is 28.9. The van der Waals surface area contributed by atoms with E-state index in [9.17, 15) is 19.8 Å². The molecule has 0 saturated heterocycles. The van der Waals surface area contributed by atoms with Gasteiger partial charge in [-0.2, -0.15) is 0 Å². The molecule has 5 aliphatic rings. The molecule has 43 heavy (non-hydrogen) atoms. The average molecular weight is 587 g/mol. The number of aliphatic hydroxyl groups is 1. The summed E-state index contributed by atoms with van der Waals surface area (Å²) in [5.74, 6) is 0.464. The molecule has 7 rings (SSSR count). The highest BCUT2D eigenvalue weighted by molar-refractivity contribution is 5.87. The van der Waals surface area contributed by atoms with Crippen molar-refractivity contribution in [2.45, 2.75) is 98.0 Å². The number of H-pyrrole nitrogens is 1. The first-order valence-corrected chi connectivity index (χ1v) is 16.7. The van der Waals surface area contributed by atoms with Gasteiger partial charge in [-0.3, -0.25) is 9.59 Å². The monoisotopic (exact) mass is 586 g/mol. The van der Waals surface area contributed by atoms with Crippen LogP contribution in [0.15, 0.2) is 36.4 Å². The Bertz CT molecular complexity index is 1520. The summed E-state index contributed by atoms with van der Waals surface area (Å²) in [6.07, 6.45) is 8.80. The van der Waals surface area contributed by atoms with E-state index < -0.39 is 17.0 Å². The van der Waals surface area contributed by atoms with Crippen LogP contribution < -0.4 is 5.32 Å². The van der Waals surface area contributed by atoms with E-state index in [1.807, 2.05) is 0 Å². The Balaban J connectivity index is 1.29. The molecule has 1 amide bonds. The number of rotatable bonds is 4. The molecule has 4 saturated carbocycles. The van der Waals surface area contributed by atoms with Crippen LogP contribution in [0.5, 0.6) is 0 Å². The molecule has 0 aliphatic heterocycles. The molecule has 1 aromatic carbocycles. The van der Waals surface area contributed by atoms with Crippen molar-refractivity contribution in [3.8, 4) is 0 Å². The fourth-order valence-electron chi connectivity index (χ4n) is 12.8. The summed E-state index contributed by atoms with van der Waals surface area (Å²) in [7, 11) is 0. The number of nitrogens with one attached hydrogen (secondary N) is 2. The minimum atomic E-state index is -0.990. The van der Waals surface area contributed by atoms with Crippen LogP contribution in [0.3, 0.4) is 0 Å². The third-order valence-corrected chi connectivity index (χ3v) is 14.7. The average Bonchev–Trinajstić information content (AvgIpc) is 3.52. The second-order valence-corrected chi connectivity index (χ2v) is 16.3. The molecule has 4 fully saturated rings. The molecule has 4 unspecified atom stereocenters. The molecule has 1 heterocycles. The SMILES string of the molecule is C=C(C)[C@@H]1CC[C@]2(C(=O)NCC(=O)O)CC[C@]3(C)C(CCC4[C@@]5(C)Cc6c([nH]c7ccccc67)[C@@](C)(O)C5CC[C@]43C)C12. The molecule has 232 valence electrons. The van der Waals surface area contributed by atoms with Crippen LogP contribution in [0, 0.1) is 51.2 Å². The van der Waals surface area contributed by atoms with E-state index in [0.717, 1.165) is 69.0 Å². The number of para-hydroxylation sites is 1. The van der Waals surface area contributed by atoms with Gasteiger partial charge in [-0.25, -0.2) is 0 Å². The van der Waals surface area contributed by atoms with Gasteiger partial charge in [0, 0.05) is 10.9 Å². The second kappa shape index (κ2) is 9.22. The standard InChI is InChI=1S/C37H50N2O4/c1-21(2)22-13-16-37(32(42)38-20-29(40)41)18-17-34(4)25(30(22)37)11-12-27-33(3)19-24-23-9-7-8-10-26(23)39-31(24)36(6,43)28(33)14-15-35(27,34)5/h7-10,22,25,27-28,30,39,43H,1,11-20H2,2-6H3,(H,38,42)(H,40,41)/t22-,25?,27?,28?,30?,33+,34+,35+,36-,37-/m0/s1. The second-order valence-electron chi connectivity index (χ2n) is 16.3. The summed E-state index contributed by atoms with van der Waals surface area (Å²) in [6, 6.07) is 8.52. The molecule has 6 nitrogen and oxygen atoms in total. The van der Waals surface area contributed by atoms with Crippen LogP contribution in [0.2, 0.25) is 0 Å². The van der Waals surface area contributed by atoms with Gasteiger partial charge < -0.3 is 20.5 Å². The summed E-state index contributed by atoms with van der Waals surface area (Å²) >= 11 is 0. The van der Waals surface area contributed by atoms with Gasteiger partial charge in [-0.1, -0.05) is 51.1 Å². The lowest BCUT2D eigenvalue weighted by atomic mass is 9.33. The van der Waals surface area contributed by atoms with Crippen LogP contribution in [0.25, 0.3) is 10.9 Å². The number of carbonyl (C=O) groups is 2. The van der Waals surface area contributed by atoms with Gasteiger partial charge in [0.05, 0.1) is 11.1 Å². The highest BCUT2D eigenvalue weighted by Crippen LogP contribution is 2.77. The number of aromatic nitrogens is 1. The van der Waals surface area contributed by atoms with Gasteiger partial charge in [-0.15, -0.1) is 0 Å². The molecule has 0 bridgehead atoms. The highest BCUT2D eigenvalue weighted by atomic mass is 16.4. The van der Waals surface area contributed by atoms with Crippen molar-refractivity contribution in [3.63, 3.8) is 0 Å². The minimum absolute atomic E-state index is 0.0424. The topological polar surface area (TPSA) is 102 Å². The maximum Gasteiger partial charge on any atom is 0.322 e. The number of hydrogen-bond donors (Lipinski definition) is 4. The van der Waals surface area contributed by atoms with Crippen molar-refractivity contribution < 1.29 is 19.8 Å². The van der Waals surface area contributed by atoms with Crippen molar-refractivity contribution in [3.05, 3.63) is 47.7 Å². The minimum Gasteiger partial charge on any atom is -0.480 e. The zero-order chi connectivity index (χ0) is 30.7. The van der Waals surface area contributed by atoms with Crippen molar-refractivity contribution in [1.29, 1.82) is 0 Å². The number of carboxylic acid groups (broad SMARTS) is 1. The maximum absolute atomic E-state index is 13.9. The number of carboxylic acids is 1. The molecular formula is C37H50N2O4. The number of benzene rings is 1. The lowest BCUT2D eigenvalue weighted by Crippen LogP contribution is -2.67. The smallest absolute Gasteiger partial charge is 0.322 e. The third-order valence-electron chi connectivity index (χ3n) is 14.7. The lowest BCUT2D eigenvalue weighted by molar-refractivity contribution is -0.240. The Morgan fingerprint density at radius 1 is 0.977 bits per heavy atom. The van der Waals surface area contributed by atoms with Crippen LogP contribution in [-0.4, -0.2) is 33.6 Å². The Hall–Kier alpha value is -2.60. The molecule has 10 atom stereocenters. The Morgan fingerprint density at radius 3 is 2.44 bits per heavy atom. The van der Waals surface area contributed by atoms with Crippen molar-refractivity contribution in [2.75, 3.05) is 6.54 Å². The molecule has 1 aromatic heterocycles.